The van der Waals surface area contributed by atoms with Crippen molar-refractivity contribution in [1.82, 2.24) is 15.5 Å². The first-order valence-corrected chi connectivity index (χ1v) is 6.77. The summed E-state index contributed by atoms with van der Waals surface area (Å²) in [6.07, 6.45) is 0. The number of nitrogens with one attached hydrogen (secondary N) is 1. The van der Waals surface area contributed by atoms with Crippen molar-refractivity contribution < 1.29 is 13.9 Å². The Morgan fingerprint density at radius 2 is 2.20 bits per heavy atom. The van der Waals surface area contributed by atoms with Gasteiger partial charge in [0.05, 0.1) is 13.2 Å². The third-order valence-corrected chi connectivity index (χ3v) is 3.56. The van der Waals surface area contributed by atoms with Crippen molar-refractivity contribution in [3.8, 4) is 5.75 Å². The van der Waals surface area contributed by atoms with Crippen molar-refractivity contribution in [3.05, 3.63) is 39.6 Å². The Kier molecular flexibility index (Phi) is 4.29. The molecule has 1 heterocycles. The lowest BCUT2D eigenvalue weighted by Gasteiger charge is -2.16. The molecule has 7 heteroatoms. The highest BCUT2D eigenvalue weighted by Crippen LogP contribution is 2.26. The summed E-state index contributed by atoms with van der Waals surface area (Å²) in [7, 11) is 1.50. The van der Waals surface area contributed by atoms with Crippen LogP contribution in [0.4, 0.5) is 4.39 Å². The SMILES string of the molecule is COc1ccc(F)cc1[C@@H](C)NC(=O)c1nnc(C)s1. The van der Waals surface area contributed by atoms with E-state index in [0.717, 1.165) is 0 Å². The molecule has 0 aliphatic heterocycles. The molecule has 1 aromatic carbocycles. The molecule has 2 aromatic rings. The van der Waals surface area contributed by atoms with Gasteiger partial charge in [0.2, 0.25) is 5.01 Å². The summed E-state index contributed by atoms with van der Waals surface area (Å²) in [6.45, 7) is 3.52. The van der Waals surface area contributed by atoms with Crippen LogP contribution >= 0.6 is 11.3 Å². The maximum atomic E-state index is 13.3. The van der Waals surface area contributed by atoms with Crippen molar-refractivity contribution >= 4 is 17.2 Å². The van der Waals surface area contributed by atoms with Crippen molar-refractivity contribution in [2.24, 2.45) is 0 Å². The molecule has 106 valence electrons. The lowest BCUT2D eigenvalue weighted by atomic mass is 10.1. The van der Waals surface area contributed by atoms with E-state index in [9.17, 15) is 9.18 Å². The van der Waals surface area contributed by atoms with Crippen LogP contribution in [0.15, 0.2) is 18.2 Å². The first kappa shape index (κ1) is 14.4. The van der Waals surface area contributed by atoms with E-state index in [0.29, 0.717) is 16.3 Å². The minimum Gasteiger partial charge on any atom is -0.496 e. The summed E-state index contributed by atoms with van der Waals surface area (Å²) in [6, 6.07) is 3.78. The fraction of sp³-hybridized carbons (Fsp3) is 0.308. The minimum absolute atomic E-state index is 0.282. The van der Waals surface area contributed by atoms with Crippen LogP contribution in [0.5, 0.6) is 5.75 Å². The largest absolute Gasteiger partial charge is 0.496 e. The molecule has 0 radical (unpaired) electrons. The topological polar surface area (TPSA) is 64.1 Å². The summed E-state index contributed by atoms with van der Waals surface area (Å²) in [5, 5.41) is 11.3. The van der Waals surface area contributed by atoms with Crippen LogP contribution in [-0.4, -0.2) is 23.2 Å². The highest BCUT2D eigenvalue weighted by atomic mass is 32.1. The smallest absolute Gasteiger partial charge is 0.282 e. The Balaban J connectivity index is 2.17. The number of rotatable bonds is 4. The van der Waals surface area contributed by atoms with Crippen molar-refractivity contribution in [2.45, 2.75) is 19.9 Å². The van der Waals surface area contributed by atoms with Crippen molar-refractivity contribution in [1.29, 1.82) is 0 Å². The predicted molar refractivity (Wildman–Crippen MR) is 73.5 cm³/mol. The maximum absolute atomic E-state index is 13.3. The van der Waals surface area contributed by atoms with Gasteiger partial charge >= 0.3 is 0 Å². The van der Waals surface area contributed by atoms with E-state index >= 15 is 0 Å². The number of methoxy groups -OCH3 is 1. The van der Waals surface area contributed by atoms with Gasteiger partial charge in [-0.3, -0.25) is 4.79 Å². The van der Waals surface area contributed by atoms with Gasteiger partial charge in [-0.25, -0.2) is 4.39 Å². The summed E-state index contributed by atoms with van der Waals surface area (Å²) >= 11 is 1.21. The van der Waals surface area contributed by atoms with Gasteiger partial charge < -0.3 is 10.1 Å². The van der Waals surface area contributed by atoms with E-state index in [1.807, 2.05) is 0 Å². The maximum Gasteiger partial charge on any atom is 0.282 e. The Bertz CT molecular complexity index is 630. The fourth-order valence-corrected chi connectivity index (χ4v) is 2.36. The Labute approximate surface area is 119 Å². The third kappa shape index (κ3) is 3.11. The van der Waals surface area contributed by atoms with Crippen LogP contribution in [0.3, 0.4) is 0 Å². The number of aromatic nitrogens is 2. The fourth-order valence-electron chi connectivity index (χ4n) is 1.77. The second-order valence-electron chi connectivity index (χ2n) is 4.21. The molecule has 2 rings (SSSR count). The van der Waals surface area contributed by atoms with E-state index in [-0.39, 0.29) is 16.7 Å². The third-order valence-electron chi connectivity index (χ3n) is 2.73. The van der Waals surface area contributed by atoms with Gasteiger partial charge in [-0.1, -0.05) is 11.3 Å². The van der Waals surface area contributed by atoms with Crippen LogP contribution in [0.2, 0.25) is 0 Å². The summed E-state index contributed by atoms with van der Waals surface area (Å²) in [4.78, 5) is 12.0. The number of amides is 1. The van der Waals surface area contributed by atoms with Crippen LogP contribution in [0, 0.1) is 12.7 Å². The molecule has 5 nitrogen and oxygen atoms in total. The van der Waals surface area contributed by atoms with Crippen molar-refractivity contribution in [3.63, 3.8) is 0 Å². The molecule has 0 aliphatic rings. The number of aryl methyl sites for hydroxylation is 1. The summed E-state index contributed by atoms with van der Waals surface area (Å²) < 4.78 is 18.5. The quantitative estimate of drug-likeness (QED) is 0.941. The number of nitrogens with zero attached hydrogens (tertiary/aromatic N) is 2. The molecule has 0 bridgehead atoms. The van der Waals surface area contributed by atoms with Gasteiger partial charge in [0, 0.05) is 5.56 Å². The molecule has 1 N–H and O–H groups in total. The molecule has 0 spiro atoms. The van der Waals surface area contributed by atoms with Gasteiger partial charge in [-0.15, -0.1) is 10.2 Å². The first-order valence-electron chi connectivity index (χ1n) is 5.95. The molecule has 1 amide bonds. The van der Waals surface area contributed by atoms with Crippen LogP contribution < -0.4 is 10.1 Å². The number of ether oxygens (including phenoxy) is 1. The Morgan fingerprint density at radius 3 is 2.80 bits per heavy atom. The van der Waals surface area contributed by atoms with Gasteiger partial charge in [0.1, 0.15) is 16.6 Å². The van der Waals surface area contributed by atoms with Gasteiger partial charge in [0.15, 0.2) is 0 Å². The van der Waals surface area contributed by atoms with Gasteiger partial charge in [-0.05, 0) is 32.0 Å². The lowest BCUT2D eigenvalue weighted by molar-refractivity contribution is 0.0938. The zero-order valence-electron chi connectivity index (χ0n) is 11.3. The first-order chi connectivity index (χ1) is 9.51. The molecule has 0 unspecified atom stereocenters. The molecule has 1 atom stereocenters. The number of halogens is 1. The standard InChI is InChI=1S/C13H14FN3O2S/c1-7(10-6-9(14)4-5-11(10)19-3)15-12(18)13-17-16-8(2)20-13/h4-7H,1-3H3,(H,15,18)/t7-/m1/s1. The molecule has 0 fully saturated rings. The van der Waals surface area contributed by atoms with Gasteiger partial charge in [0.25, 0.3) is 5.91 Å². The molecule has 0 aliphatic carbocycles. The zero-order valence-corrected chi connectivity index (χ0v) is 12.1. The summed E-state index contributed by atoms with van der Waals surface area (Å²) in [5.74, 6) is -0.198. The van der Waals surface area contributed by atoms with Crippen LogP contribution in [0.25, 0.3) is 0 Å². The predicted octanol–water partition coefficient (Wildman–Crippen LogP) is 2.49. The van der Waals surface area contributed by atoms with Crippen LogP contribution in [-0.2, 0) is 0 Å². The van der Waals surface area contributed by atoms with Gasteiger partial charge in [-0.2, -0.15) is 0 Å². The molecular weight excluding hydrogens is 281 g/mol. The lowest BCUT2D eigenvalue weighted by Crippen LogP contribution is -2.27. The number of carbonyl (C=O) groups is 1. The number of carbonyl (C=O) groups excluding carboxylic acids is 1. The van der Waals surface area contributed by atoms with E-state index in [4.69, 9.17) is 4.74 Å². The second kappa shape index (κ2) is 5.96. The monoisotopic (exact) mass is 295 g/mol. The summed E-state index contributed by atoms with van der Waals surface area (Å²) in [5.41, 5.74) is 0.571. The molecular formula is C13H14FN3O2S. The Morgan fingerprint density at radius 1 is 1.45 bits per heavy atom. The highest BCUT2D eigenvalue weighted by Gasteiger charge is 2.18. The number of hydrogen-bond acceptors (Lipinski definition) is 5. The highest BCUT2D eigenvalue weighted by molar-refractivity contribution is 7.13. The normalized spacial score (nSPS) is 12.0. The zero-order chi connectivity index (χ0) is 14.7. The number of benzene rings is 1. The average Bonchev–Trinajstić information content (AvgIpc) is 2.85. The minimum atomic E-state index is -0.405. The molecule has 0 saturated heterocycles. The molecule has 1 aromatic heterocycles. The van der Waals surface area contributed by atoms with Crippen molar-refractivity contribution in [2.75, 3.05) is 7.11 Å². The molecule has 20 heavy (non-hydrogen) atoms. The second-order valence-corrected chi connectivity index (χ2v) is 5.39. The van der Waals surface area contributed by atoms with E-state index in [1.165, 1.54) is 36.6 Å². The Hall–Kier alpha value is -2.02. The van der Waals surface area contributed by atoms with E-state index < -0.39 is 6.04 Å². The number of hydrogen-bond donors (Lipinski definition) is 1. The molecule has 0 saturated carbocycles. The van der Waals surface area contributed by atoms with E-state index in [1.54, 1.807) is 13.8 Å². The van der Waals surface area contributed by atoms with E-state index in [2.05, 4.69) is 15.5 Å². The average molecular weight is 295 g/mol. The van der Waals surface area contributed by atoms with Crippen LogP contribution in [0.1, 0.15) is 33.3 Å².